The van der Waals surface area contributed by atoms with Gasteiger partial charge in [0.2, 0.25) is 0 Å². The topological polar surface area (TPSA) is 102 Å². The molecule has 0 amide bonds. The van der Waals surface area contributed by atoms with E-state index in [9.17, 15) is 25.3 Å². The number of halogens is 3. The molecule has 2 aromatic rings. The van der Waals surface area contributed by atoms with Gasteiger partial charge in [-0.05, 0) is 35.0 Å². The van der Waals surface area contributed by atoms with Crippen LogP contribution in [0.5, 0.6) is 0 Å². The summed E-state index contributed by atoms with van der Waals surface area (Å²) in [6, 6.07) is 5.40. The van der Waals surface area contributed by atoms with E-state index >= 15 is 0 Å². The molecule has 6 nitrogen and oxygen atoms in total. The zero-order valence-corrected chi connectivity index (χ0v) is 14.9. The third-order valence-corrected chi connectivity index (χ3v) is 6.89. The monoisotopic (exact) mass is 422 g/mol. The van der Waals surface area contributed by atoms with Crippen LogP contribution in [-0.4, -0.2) is 25.3 Å². The molecule has 0 atom stereocenters. The molecule has 0 N–H and O–H groups in total. The lowest BCUT2D eigenvalue weighted by molar-refractivity contribution is 0.597. The van der Waals surface area contributed by atoms with E-state index in [2.05, 4.69) is 0 Å². The Bertz CT molecular complexity index is 1090. The minimum atomic E-state index is -4.43. The van der Waals surface area contributed by atoms with Gasteiger partial charge >= 0.3 is 0 Å². The average molecular weight is 424 g/mol. The summed E-state index contributed by atoms with van der Waals surface area (Å²) in [6.45, 7) is 0. The fourth-order valence-electron chi connectivity index (χ4n) is 1.77. The Hall–Kier alpha value is -0.580. The van der Waals surface area contributed by atoms with Gasteiger partial charge in [0.05, 0.1) is 4.90 Å². The van der Waals surface area contributed by atoms with E-state index < -0.39 is 36.9 Å². The zero-order valence-electron chi connectivity index (χ0n) is 10.2. The van der Waals surface area contributed by atoms with E-state index in [1.807, 2.05) is 0 Å². The molecular weight excluding hydrogens is 419 g/mol. The van der Waals surface area contributed by atoms with Crippen LogP contribution < -0.4 is 0 Å². The van der Waals surface area contributed by atoms with Crippen LogP contribution in [-0.2, 0) is 27.2 Å². The zero-order chi connectivity index (χ0) is 16.9. The van der Waals surface area contributed by atoms with Crippen molar-refractivity contribution in [2.24, 2.45) is 0 Å². The van der Waals surface area contributed by atoms with Crippen molar-refractivity contribution in [3.8, 4) is 0 Å². The van der Waals surface area contributed by atoms with Crippen LogP contribution in [0.15, 0.2) is 45.0 Å². The summed E-state index contributed by atoms with van der Waals surface area (Å²) in [5.74, 6) is 0. The lowest BCUT2D eigenvalue weighted by Crippen LogP contribution is -2.02. The van der Waals surface area contributed by atoms with Gasteiger partial charge in [0.1, 0.15) is 9.79 Å². The summed E-state index contributed by atoms with van der Waals surface area (Å²) in [4.78, 5) is -1.72. The van der Waals surface area contributed by atoms with E-state index in [0.29, 0.717) is 0 Å². The maximum atomic E-state index is 11.5. The molecule has 0 spiro atoms. The van der Waals surface area contributed by atoms with Crippen molar-refractivity contribution >= 4 is 70.0 Å². The number of rotatable bonds is 3. The molecule has 0 saturated carbocycles. The van der Waals surface area contributed by atoms with Crippen molar-refractivity contribution in [1.29, 1.82) is 0 Å². The highest BCUT2D eigenvalue weighted by atomic mass is 35.7. The second-order valence-corrected chi connectivity index (χ2v) is 11.8. The minimum absolute atomic E-state index is 0.116. The quantitative estimate of drug-likeness (QED) is 0.703. The fraction of sp³-hybridized carbons (Fsp3) is 0. The highest BCUT2D eigenvalue weighted by molar-refractivity contribution is 8.16. The van der Waals surface area contributed by atoms with Gasteiger partial charge in [-0.15, -0.1) is 0 Å². The highest BCUT2D eigenvalue weighted by Gasteiger charge is 2.25. The summed E-state index contributed by atoms with van der Waals surface area (Å²) < 4.78 is 68.6. The van der Waals surface area contributed by atoms with E-state index in [1.54, 1.807) is 0 Å². The summed E-state index contributed by atoms with van der Waals surface area (Å²) in [5, 5.41) is 0.359. The van der Waals surface area contributed by atoms with Crippen LogP contribution in [0.4, 0.5) is 0 Å². The van der Waals surface area contributed by atoms with Gasteiger partial charge < -0.3 is 0 Å². The smallest absolute Gasteiger partial charge is 0.207 e. The molecule has 22 heavy (non-hydrogen) atoms. The predicted molar refractivity (Wildman–Crippen MR) is 83.1 cm³/mol. The largest absolute Gasteiger partial charge is 0.262 e. The Kier molecular flexibility index (Phi) is 4.44. The molecule has 0 aliphatic rings. The molecule has 0 saturated heterocycles. The van der Waals surface area contributed by atoms with Gasteiger partial charge in [0, 0.05) is 32.0 Å². The number of fused-ring (bicyclic) bond motifs is 1. The fourth-order valence-corrected chi connectivity index (χ4v) is 5.39. The van der Waals surface area contributed by atoms with E-state index in [1.165, 1.54) is 6.07 Å². The van der Waals surface area contributed by atoms with Gasteiger partial charge in [-0.3, -0.25) is 0 Å². The van der Waals surface area contributed by atoms with Crippen molar-refractivity contribution < 1.29 is 25.3 Å². The molecule has 0 unspecified atom stereocenters. The molecule has 12 heteroatoms. The highest BCUT2D eigenvalue weighted by Crippen LogP contribution is 2.32. The third kappa shape index (κ3) is 3.66. The van der Waals surface area contributed by atoms with E-state index in [-0.39, 0.29) is 15.7 Å². The van der Waals surface area contributed by atoms with E-state index in [0.717, 1.165) is 24.3 Å². The first-order valence-corrected chi connectivity index (χ1v) is 12.1. The van der Waals surface area contributed by atoms with Crippen molar-refractivity contribution in [1.82, 2.24) is 0 Å². The standard InChI is InChI=1S/C10H5Cl3O6S3/c11-20(14,15)8-2-1-6-4-9(21(12,16)17)10(22(13,18)19)5-7(6)3-8/h1-5H. The second kappa shape index (κ2) is 5.50. The molecule has 2 aromatic carbocycles. The summed E-state index contributed by atoms with van der Waals surface area (Å²) in [7, 11) is 2.77. The number of benzene rings is 2. The lowest BCUT2D eigenvalue weighted by atomic mass is 10.1. The van der Waals surface area contributed by atoms with Crippen LogP contribution in [0.25, 0.3) is 10.8 Å². The summed E-state index contributed by atoms with van der Waals surface area (Å²) in [5.41, 5.74) is 0. The molecule has 0 bridgehead atoms. The van der Waals surface area contributed by atoms with Crippen molar-refractivity contribution in [2.75, 3.05) is 0 Å². The molecule has 0 aliphatic carbocycles. The molecule has 2 rings (SSSR count). The Balaban J connectivity index is 2.97. The Morgan fingerprint density at radius 3 is 1.45 bits per heavy atom. The normalized spacial score (nSPS) is 13.4. The molecule has 0 fully saturated rings. The minimum Gasteiger partial charge on any atom is -0.207 e. The van der Waals surface area contributed by atoms with Gasteiger partial charge in [-0.1, -0.05) is 6.07 Å². The number of hydrogen-bond acceptors (Lipinski definition) is 6. The molecule has 0 aromatic heterocycles. The Morgan fingerprint density at radius 2 is 1.05 bits per heavy atom. The maximum Gasteiger partial charge on any atom is 0.262 e. The summed E-state index contributed by atoms with van der Waals surface area (Å²) in [6.07, 6.45) is 0. The molecule has 120 valence electrons. The lowest BCUT2D eigenvalue weighted by Gasteiger charge is -2.07. The average Bonchev–Trinajstić information content (AvgIpc) is 2.33. The van der Waals surface area contributed by atoms with Crippen molar-refractivity contribution in [3.05, 3.63) is 30.3 Å². The van der Waals surface area contributed by atoms with Gasteiger partial charge in [0.15, 0.2) is 0 Å². The molecule has 0 radical (unpaired) electrons. The molecule has 0 aliphatic heterocycles. The molecule has 0 heterocycles. The maximum absolute atomic E-state index is 11.5. The van der Waals surface area contributed by atoms with Crippen LogP contribution in [0.1, 0.15) is 0 Å². The van der Waals surface area contributed by atoms with Crippen LogP contribution >= 0.6 is 32.0 Å². The first-order chi connectivity index (χ1) is 9.80. The van der Waals surface area contributed by atoms with Crippen LogP contribution in [0, 0.1) is 0 Å². The van der Waals surface area contributed by atoms with Crippen LogP contribution in [0.3, 0.4) is 0 Å². The number of hydrogen-bond donors (Lipinski definition) is 0. The van der Waals surface area contributed by atoms with Crippen LogP contribution in [0.2, 0.25) is 0 Å². The first kappa shape index (κ1) is 17.8. The second-order valence-electron chi connectivity index (χ2n) is 4.12. The van der Waals surface area contributed by atoms with Crippen molar-refractivity contribution in [2.45, 2.75) is 14.7 Å². The first-order valence-electron chi connectivity index (χ1n) is 5.22. The van der Waals surface area contributed by atoms with Gasteiger partial charge in [-0.2, -0.15) is 0 Å². The predicted octanol–water partition coefficient (Wildman–Crippen LogP) is 2.62. The van der Waals surface area contributed by atoms with E-state index in [4.69, 9.17) is 32.0 Å². The van der Waals surface area contributed by atoms with Gasteiger partial charge in [-0.25, -0.2) is 25.3 Å². The van der Waals surface area contributed by atoms with Crippen molar-refractivity contribution in [3.63, 3.8) is 0 Å². The Labute approximate surface area is 139 Å². The summed E-state index contributed by atoms with van der Waals surface area (Å²) >= 11 is 0. The SMILES string of the molecule is O=S(=O)(Cl)c1ccc2cc(S(=O)(=O)Cl)c(S(=O)(=O)Cl)cc2c1. The van der Waals surface area contributed by atoms with Gasteiger partial charge in [0.25, 0.3) is 27.2 Å². The third-order valence-electron chi connectivity index (χ3n) is 2.68. The Morgan fingerprint density at radius 1 is 0.591 bits per heavy atom. The molecular formula is C10H5Cl3O6S3.